The van der Waals surface area contributed by atoms with E-state index in [0.29, 0.717) is 0 Å². The van der Waals surface area contributed by atoms with Crippen LogP contribution in [0.15, 0.2) is 24.3 Å². The normalized spacial score (nSPS) is 22.7. The van der Waals surface area contributed by atoms with Crippen LogP contribution in [0.5, 0.6) is 0 Å². The summed E-state index contributed by atoms with van der Waals surface area (Å²) < 4.78 is 5.44. The first kappa shape index (κ1) is 12.9. The van der Waals surface area contributed by atoms with E-state index in [-0.39, 0.29) is 0 Å². The summed E-state index contributed by atoms with van der Waals surface area (Å²) in [5.41, 5.74) is 2.82. The molecule has 2 fully saturated rings. The van der Waals surface area contributed by atoms with Crippen molar-refractivity contribution in [2.24, 2.45) is 0 Å². The molecule has 0 aliphatic carbocycles. The summed E-state index contributed by atoms with van der Waals surface area (Å²) in [6, 6.07) is 9.51. The Kier molecular flexibility index (Phi) is 4.04. The van der Waals surface area contributed by atoms with E-state index in [9.17, 15) is 0 Å². The van der Waals surface area contributed by atoms with Gasteiger partial charge in [0.05, 0.1) is 13.2 Å². The van der Waals surface area contributed by atoms with Crippen LogP contribution in [0.25, 0.3) is 0 Å². The highest BCUT2D eigenvalue weighted by Crippen LogP contribution is 2.25. The number of morpholine rings is 1. The lowest BCUT2D eigenvalue weighted by molar-refractivity contribution is 0.0115. The van der Waals surface area contributed by atoms with Crippen LogP contribution in [0.2, 0.25) is 0 Å². The average Bonchev–Trinajstić information content (AvgIpc) is 2.49. The second-order valence-electron chi connectivity index (χ2n) is 5.65. The standard InChI is InChI=1S/C16H24N2O/c1-14-4-2-3-5-16(14)18-8-6-15(7-9-18)17-10-12-19-13-11-17/h2-5,15H,6-13H2,1H3. The smallest absolute Gasteiger partial charge is 0.0594 e. The number of ether oxygens (including phenoxy) is 1. The molecule has 0 radical (unpaired) electrons. The number of hydrogen-bond donors (Lipinski definition) is 0. The van der Waals surface area contributed by atoms with E-state index in [1.807, 2.05) is 0 Å². The Morgan fingerprint density at radius 2 is 1.68 bits per heavy atom. The first-order valence-corrected chi connectivity index (χ1v) is 7.47. The Morgan fingerprint density at radius 3 is 2.37 bits per heavy atom. The SMILES string of the molecule is Cc1ccccc1N1CCC(N2CCOCC2)CC1. The number of anilines is 1. The Balaban J connectivity index is 1.58. The number of benzene rings is 1. The van der Waals surface area contributed by atoms with Gasteiger partial charge in [0, 0.05) is 37.9 Å². The van der Waals surface area contributed by atoms with Gasteiger partial charge >= 0.3 is 0 Å². The van der Waals surface area contributed by atoms with Crippen molar-refractivity contribution in [3.05, 3.63) is 29.8 Å². The van der Waals surface area contributed by atoms with Crippen molar-refractivity contribution in [2.45, 2.75) is 25.8 Å². The van der Waals surface area contributed by atoms with E-state index in [1.54, 1.807) is 0 Å². The van der Waals surface area contributed by atoms with Crippen molar-refractivity contribution in [1.82, 2.24) is 4.90 Å². The van der Waals surface area contributed by atoms with Crippen LogP contribution in [0.1, 0.15) is 18.4 Å². The van der Waals surface area contributed by atoms with Crippen molar-refractivity contribution in [1.29, 1.82) is 0 Å². The molecule has 3 heteroatoms. The fourth-order valence-corrected chi connectivity index (χ4v) is 3.33. The van der Waals surface area contributed by atoms with Crippen LogP contribution >= 0.6 is 0 Å². The van der Waals surface area contributed by atoms with Gasteiger partial charge in [0.2, 0.25) is 0 Å². The molecule has 2 aliphatic heterocycles. The highest BCUT2D eigenvalue weighted by atomic mass is 16.5. The monoisotopic (exact) mass is 260 g/mol. The molecule has 104 valence electrons. The van der Waals surface area contributed by atoms with E-state index in [1.165, 1.54) is 37.2 Å². The molecule has 0 atom stereocenters. The molecule has 3 rings (SSSR count). The highest BCUT2D eigenvalue weighted by Gasteiger charge is 2.26. The van der Waals surface area contributed by atoms with Gasteiger partial charge in [-0.1, -0.05) is 18.2 Å². The van der Waals surface area contributed by atoms with Gasteiger partial charge in [-0.2, -0.15) is 0 Å². The number of aryl methyl sites for hydroxylation is 1. The van der Waals surface area contributed by atoms with Crippen LogP contribution in [-0.4, -0.2) is 50.3 Å². The van der Waals surface area contributed by atoms with E-state index in [4.69, 9.17) is 4.74 Å². The third-order valence-corrected chi connectivity index (χ3v) is 4.48. The molecule has 0 N–H and O–H groups in total. The van der Waals surface area contributed by atoms with Gasteiger partial charge < -0.3 is 9.64 Å². The summed E-state index contributed by atoms with van der Waals surface area (Å²) in [6.45, 7) is 8.66. The van der Waals surface area contributed by atoms with Gasteiger partial charge in [-0.15, -0.1) is 0 Å². The van der Waals surface area contributed by atoms with Crippen LogP contribution in [0, 0.1) is 6.92 Å². The lowest BCUT2D eigenvalue weighted by Crippen LogP contribution is -2.49. The quantitative estimate of drug-likeness (QED) is 0.811. The third-order valence-electron chi connectivity index (χ3n) is 4.48. The van der Waals surface area contributed by atoms with Crippen LogP contribution in [0.4, 0.5) is 5.69 Å². The first-order chi connectivity index (χ1) is 9.34. The Bertz CT molecular complexity index is 407. The van der Waals surface area contributed by atoms with Gasteiger partial charge in [-0.25, -0.2) is 0 Å². The van der Waals surface area contributed by atoms with Crippen molar-refractivity contribution in [3.8, 4) is 0 Å². The summed E-state index contributed by atoms with van der Waals surface area (Å²) in [7, 11) is 0. The second-order valence-corrected chi connectivity index (χ2v) is 5.65. The Morgan fingerprint density at radius 1 is 1.00 bits per heavy atom. The molecule has 0 unspecified atom stereocenters. The van der Waals surface area contributed by atoms with Gasteiger partial charge in [0.25, 0.3) is 0 Å². The fraction of sp³-hybridized carbons (Fsp3) is 0.625. The second kappa shape index (κ2) is 5.93. The molecule has 0 aromatic heterocycles. The van der Waals surface area contributed by atoms with Crippen LogP contribution in [-0.2, 0) is 4.74 Å². The van der Waals surface area contributed by atoms with Crippen molar-refractivity contribution < 1.29 is 4.74 Å². The maximum absolute atomic E-state index is 5.44. The molecule has 2 saturated heterocycles. The van der Waals surface area contributed by atoms with Crippen LogP contribution in [0.3, 0.4) is 0 Å². The van der Waals surface area contributed by atoms with Crippen molar-refractivity contribution >= 4 is 5.69 Å². The predicted molar refractivity (Wildman–Crippen MR) is 78.8 cm³/mol. The lowest BCUT2D eigenvalue weighted by atomic mass is 10.0. The lowest BCUT2D eigenvalue weighted by Gasteiger charge is -2.41. The Hall–Kier alpha value is -1.06. The maximum Gasteiger partial charge on any atom is 0.0594 e. The van der Waals surface area contributed by atoms with Gasteiger partial charge in [-0.05, 0) is 31.4 Å². The number of nitrogens with zero attached hydrogens (tertiary/aromatic N) is 2. The number of rotatable bonds is 2. The molecule has 1 aromatic carbocycles. The van der Waals surface area contributed by atoms with Gasteiger partial charge in [0.15, 0.2) is 0 Å². The molecule has 19 heavy (non-hydrogen) atoms. The number of piperidine rings is 1. The highest BCUT2D eigenvalue weighted by molar-refractivity contribution is 5.53. The molecule has 0 saturated carbocycles. The zero-order valence-electron chi connectivity index (χ0n) is 11.8. The first-order valence-electron chi connectivity index (χ1n) is 7.47. The molecule has 1 aromatic rings. The Labute approximate surface area is 116 Å². The molecule has 3 nitrogen and oxygen atoms in total. The summed E-state index contributed by atoms with van der Waals surface area (Å²) in [6.07, 6.45) is 2.57. The maximum atomic E-state index is 5.44. The molecular formula is C16H24N2O. The largest absolute Gasteiger partial charge is 0.379 e. The zero-order chi connectivity index (χ0) is 13.1. The van der Waals surface area contributed by atoms with Crippen molar-refractivity contribution in [3.63, 3.8) is 0 Å². The fourth-order valence-electron chi connectivity index (χ4n) is 3.33. The molecule has 2 heterocycles. The minimum atomic E-state index is 0.768. The van der Waals surface area contributed by atoms with Gasteiger partial charge in [0.1, 0.15) is 0 Å². The number of para-hydroxylation sites is 1. The minimum Gasteiger partial charge on any atom is -0.379 e. The number of hydrogen-bond acceptors (Lipinski definition) is 3. The molecular weight excluding hydrogens is 236 g/mol. The van der Waals surface area contributed by atoms with E-state index in [0.717, 1.165) is 32.3 Å². The average molecular weight is 260 g/mol. The van der Waals surface area contributed by atoms with E-state index in [2.05, 4.69) is 41.0 Å². The summed E-state index contributed by atoms with van der Waals surface area (Å²) in [4.78, 5) is 5.17. The molecule has 2 aliphatic rings. The predicted octanol–water partition coefficient (Wildman–Crippen LogP) is 2.30. The zero-order valence-corrected chi connectivity index (χ0v) is 11.8. The minimum absolute atomic E-state index is 0.768. The van der Waals surface area contributed by atoms with Gasteiger partial charge in [-0.3, -0.25) is 4.90 Å². The third kappa shape index (κ3) is 2.93. The topological polar surface area (TPSA) is 15.7 Å². The van der Waals surface area contributed by atoms with E-state index < -0.39 is 0 Å². The van der Waals surface area contributed by atoms with E-state index >= 15 is 0 Å². The van der Waals surface area contributed by atoms with Crippen LogP contribution < -0.4 is 4.90 Å². The molecule has 0 amide bonds. The van der Waals surface area contributed by atoms with Crippen molar-refractivity contribution in [2.75, 3.05) is 44.3 Å². The molecule has 0 spiro atoms. The summed E-state index contributed by atoms with van der Waals surface area (Å²) in [5, 5.41) is 0. The summed E-state index contributed by atoms with van der Waals surface area (Å²) >= 11 is 0. The molecule has 0 bridgehead atoms. The summed E-state index contributed by atoms with van der Waals surface area (Å²) in [5.74, 6) is 0.